The van der Waals surface area contributed by atoms with E-state index in [0.29, 0.717) is 5.71 Å². The second kappa shape index (κ2) is 4.96. The van der Waals surface area contributed by atoms with Crippen LogP contribution >= 0.6 is 0 Å². The van der Waals surface area contributed by atoms with E-state index in [1.165, 1.54) is 0 Å². The quantitative estimate of drug-likeness (QED) is 0.420. The van der Waals surface area contributed by atoms with Crippen molar-refractivity contribution in [2.75, 3.05) is 0 Å². The Balaban J connectivity index is 2.66. The van der Waals surface area contributed by atoms with Crippen LogP contribution < -0.4 is 11.0 Å². The largest absolute Gasteiger partial charge is 0.363 e. The summed E-state index contributed by atoms with van der Waals surface area (Å²) in [5.74, 6) is 0. The molecule has 2 N–H and O–H groups in total. The van der Waals surface area contributed by atoms with Crippen LogP contribution in [0.2, 0.25) is 0 Å². The minimum atomic E-state index is -0.986. The van der Waals surface area contributed by atoms with Gasteiger partial charge in [-0.15, -0.1) is 0 Å². The van der Waals surface area contributed by atoms with Crippen molar-refractivity contribution in [2.24, 2.45) is 5.10 Å². The number of hydrogen-bond acceptors (Lipinski definition) is 2. The summed E-state index contributed by atoms with van der Waals surface area (Å²) in [5.41, 5.74) is 4.38. The fourth-order valence-corrected chi connectivity index (χ4v) is 0.900. The van der Waals surface area contributed by atoms with E-state index in [4.69, 9.17) is 0 Å². The lowest BCUT2D eigenvalue weighted by molar-refractivity contribution is 0.218. The van der Waals surface area contributed by atoms with Crippen LogP contribution in [0.5, 0.6) is 0 Å². The third-order valence-electron chi connectivity index (χ3n) is 1.60. The second-order valence-electron chi connectivity index (χ2n) is 2.60. The SMILES string of the molecule is CC(=NNC(=O)NF)c1ccccc1. The Hall–Kier alpha value is -1.91. The predicted molar refractivity (Wildman–Crippen MR) is 51.4 cm³/mol. The highest BCUT2D eigenvalue weighted by Crippen LogP contribution is 1.99. The summed E-state index contributed by atoms with van der Waals surface area (Å²) in [6.07, 6.45) is 0. The van der Waals surface area contributed by atoms with Gasteiger partial charge in [-0.1, -0.05) is 34.8 Å². The molecule has 0 spiro atoms. The number of carbonyl (C=O) groups excluding carboxylic acids is 1. The molecule has 0 aliphatic carbocycles. The average Bonchev–Trinajstić information content (AvgIpc) is 2.26. The van der Waals surface area contributed by atoms with Crippen molar-refractivity contribution in [2.45, 2.75) is 6.92 Å². The lowest BCUT2D eigenvalue weighted by Crippen LogP contribution is -2.26. The van der Waals surface area contributed by atoms with Crippen molar-refractivity contribution >= 4 is 11.7 Å². The lowest BCUT2D eigenvalue weighted by atomic mass is 10.1. The standard InChI is InChI=1S/C9H10FN3O/c1-7(12-13-9(14)11-10)8-5-3-2-4-6-8/h2-6H,1H3,(H2,11,13,14). The van der Waals surface area contributed by atoms with Crippen LogP contribution in [0.3, 0.4) is 0 Å². The summed E-state index contributed by atoms with van der Waals surface area (Å²) in [5, 5.41) is 3.68. The van der Waals surface area contributed by atoms with Gasteiger partial charge in [-0.05, 0) is 12.5 Å². The molecule has 14 heavy (non-hydrogen) atoms. The van der Waals surface area contributed by atoms with Gasteiger partial charge in [0.1, 0.15) is 0 Å². The van der Waals surface area contributed by atoms with E-state index in [1.807, 2.05) is 35.8 Å². The Morgan fingerprint density at radius 2 is 2.00 bits per heavy atom. The molecule has 2 amide bonds. The maximum Gasteiger partial charge on any atom is 0.363 e. The average molecular weight is 195 g/mol. The molecule has 1 rings (SSSR count). The molecule has 74 valence electrons. The summed E-state index contributed by atoms with van der Waals surface area (Å²) in [6, 6.07) is 8.27. The minimum Gasteiger partial charge on any atom is -0.244 e. The molecular formula is C9H10FN3O. The topological polar surface area (TPSA) is 53.5 Å². The number of hydrazone groups is 1. The number of urea groups is 1. The second-order valence-corrected chi connectivity index (χ2v) is 2.60. The molecule has 4 nitrogen and oxygen atoms in total. The van der Waals surface area contributed by atoms with E-state index in [9.17, 15) is 9.28 Å². The van der Waals surface area contributed by atoms with E-state index >= 15 is 0 Å². The van der Waals surface area contributed by atoms with Crippen LogP contribution in [0.15, 0.2) is 35.4 Å². The molecular weight excluding hydrogens is 185 g/mol. The molecule has 0 bridgehead atoms. The zero-order valence-electron chi connectivity index (χ0n) is 7.62. The number of halogens is 1. The lowest BCUT2D eigenvalue weighted by Gasteiger charge is -2.00. The van der Waals surface area contributed by atoms with Crippen LogP contribution in [-0.4, -0.2) is 11.7 Å². The van der Waals surface area contributed by atoms with Crippen LogP contribution in [0.4, 0.5) is 9.28 Å². The van der Waals surface area contributed by atoms with Gasteiger partial charge in [0.15, 0.2) is 0 Å². The fourth-order valence-electron chi connectivity index (χ4n) is 0.900. The van der Waals surface area contributed by atoms with Gasteiger partial charge in [0.25, 0.3) is 0 Å². The van der Waals surface area contributed by atoms with E-state index < -0.39 is 6.03 Å². The van der Waals surface area contributed by atoms with Crippen LogP contribution in [0, 0.1) is 0 Å². The number of rotatable bonds is 2. The number of amides is 2. The normalized spacial score (nSPS) is 10.9. The van der Waals surface area contributed by atoms with Gasteiger partial charge in [0.2, 0.25) is 0 Å². The first-order chi connectivity index (χ1) is 6.74. The molecule has 1 aromatic rings. The summed E-state index contributed by atoms with van der Waals surface area (Å²) < 4.78 is 11.5. The smallest absolute Gasteiger partial charge is 0.244 e. The van der Waals surface area contributed by atoms with Gasteiger partial charge >= 0.3 is 6.03 Å². The molecule has 0 heterocycles. The third-order valence-corrected chi connectivity index (χ3v) is 1.60. The van der Waals surface area contributed by atoms with Crippen LogP contribution in [-0.2, 0) is 0 Å². The molecule has 0 aliphatic rings. The molecule has 5 heteroatoms. The number of hydrogen-bond donors (Lipinski definition) is 2. The van der Waals surface area contributed by atoms with Gasteiger partial charge < -0.3 is 0 Å². The highest BCUT2D eigenvalue weighted by atomic mass is 19.2. The number of benzene rings is 1. The molecule has 0 unspecified atom stereocenters. The zero-order valence-corrected chi connectivity index (χ0v) is 7.62. The fraction of sp³-hybridized carbons (Fsp3) is 0.111. The minimum absolute atomic E-state index is 0.606. The van der Waals surface area contributed by atoms with E-state index in [0.717, 1.165) is 11.1 Å². The van der Waals surface area contributed by atoms with Crippen molar-refractivity contribution in [3.63, 3.8) is 0 Å². The van der Waals surface area contributed by atoms with Gasteiger partial charge in [0.05, 0.1) is 5.71 Å². The Kier molecular flexibility index (Phi) is 3.60. The molecule has 0 aromatic heterocycles. The first kappa shape index (κ1) is 10.2. The molecule has 1 aromatic carbocycles. The molecule has 0 fully saturated rings. The Morgan fingerprint density at radius 1 is 1.36 bits per heavy atom. The highest BCUT2D eigenvalue weighted by molar-refractivity contribution is 5.99. The summed E-state index contributed by atoms with van der Waals surface area (Å²) in [6.45, 7) is 1.72. The third kappa shape index (κ3) is 2.85. The molecule has 0 atom stereocenters. The molecule has 0 saturated carbocycles. The van der Waals surface area contributed by atoms with Crippen molar-refractivity contribution < 1.29 is 9.28 Å². The Morgan fingerprint density at radius 3 is 2.57 bits per heavy atom. The van der Waals surface area contributed by atoms with Gasteiger partial charge in [0, 0.05) is 0 Å². The van der Waals surface area contributed by atoms with Crippen LogP contribution in [0.1, 0.15) is 12.5 Å². The Bertz CT molecular complexity index is 337. The maximum absolute atomic E-state index is 11.5. The van der Waals surface area contributed by atoms with E-state index in [-0.39, 0.29) is 0 Å². The van der Waals surface area contributed by atoms with Crippen LogP contribution in [0.25, 0.3) is 0 Å². The van der Waals surface area contributed by atoms with E-state index in [2.05, 4.69) is 5.10 Å². The number of nitrogens with one attached hydrogen (secondary N) is 2. The van der Waals surface area contributed by atoms with Gasteiger partial charge in [-0.2, -0.15) is 10.6 Å². The van der Waals surface area contributed by atoms with Gasteiger partial charge in [-0.3, -0.25) is 0 Å². The van der Waals surface area contributed by atoms with Gasteiger partial charge in [-0.25, -0.2) is 10.2 Å². The van der Waals surface area contributed by atoms with Crippen molar-refractivity contribution in [1.82, 2.24) is 11.0 Å². The Labute approximate surface area is 80.8 Å². The van der Waals surface area contributed by atoms with E-state index in [1.54, 1.807) is 6.92 Å². The molecule has 0 saturated heterocycles. The first-order valence-corrected chi connectivity index (χ1v) is 4.00. The summed E-state index contributed by atoms with van der Waals surface area (Å²) >= 11 is 0. The molecule has 0 radical (unpaired) electrons. The molecule has 0 aliphatic heterocycles. The number of nitrogens with zero attached hydrogens (tertiary/aromatic N) is 1. The monoisotopic (exact) mass is 195 g/mol. The van der Waals surface area contributed by atoms with Crippen molar-refractivity contribution in [3.8, 4) is 0 Å². The summed E-state index contributed by atoms with van der Waals surface area (Å²) in [7, 11) is 0. The first-order valence-electron chi connectivity index (χ1n) is 4.00. The predicted octanol–water partition coefficient (Wildman–Crippen LogP) is 1.59. The van der Waals surface area contributed by atoms with Crippen molar-refractivity contribution in [3.05, 3.63) is 35.9 Å². The number of carbonyl (C=O) groups is 1. The zero-order chi connectivity index (χ0) is 10.4. The maximum atomic E-state index is 11.5. The summed E-state index contributed by atoms with van der Waals surface area (Å²) in [4.78, 5) is 10.4. The van der Waals surface area contributed by atoms with Crippen molar-refractivity contribution in [1.29, 1.82) is 0 Å². The highest BCUT2D eigenvalue weighted by Gasteiger charge is 1.97.